The molecule has 0 aliphatic carbocycles. The van der Waals surface area contributed by atoms with Crippen molar-refractivity contribution in [3.63, 3.8) is 0 Å². The van der Waals surface area contributed by atoms with Crippen molar-refractivity contribution >= 4 is 15.7 Å². The molecule has 90 valence electrons. The van der Waals surface area contributed by atoms with Gasteiger partial charge >= 0.3 is 0 Å². The molecule has 0 spiro atoms. The molecule has 0 heterocycles. The van der Waals surface area contributed by atoms with Gasteiger partial charge in [-0.25, -0.2) is 8.42 Å². The minimum absolute atomic E-state index is 0.558. The standard InChI is InChI=1S/C8H8N4O4S/c1-5-3-7(12(13)14)8(4-6(5)2)17(15,16)11-10-9/h3-4H,1-2H3. The molecular formula is C8H8N4O4S. The van der Waals surface area contributed by atoms with Crippen LogP contribution in [0, 0.1) is 24.0 Å². The zero-order valence-electron chi connectivity index (χ0n) is 8.98. The maximum Gasteiger partial charge on any atom is 0.288 e. The third-order valence-corrected chi connectivity index (χ3v) is 3.36. The quantitative estimate of drug-likeness (QED) is 0.270. The Labute approximate surface area is 96.7 Å². The van der Waals surface area contributed by atoms with E-state index < -0.39 is 25.5 Å². The first-order chi connectivity index (χ1) is 7.79. The van der Waals surface area contributed by atoms with Crippen molar-refractivity contribution in [1.29, 1.82) is 0 Å². The highest BCUT2D eigenvalue weighted by Crippen LogP contribution is 2.28. The second-order valence-corrected chi connectivity index (χ2v) is 4.86. The van der Waals surface area contributed by atoms with Crippen LogP contribution in [0.5, 0.6) is 0 Å². The van der Waals surface area contributed by atoms with Crippen LogP contribution >= 0.6 is 0 Å². The number of rotatable bonds is 3. The molecule has 0 N–H and O–H groups in total. The van der Waals surface area contributed by atoms with Gasteiger partial charge in [-0.2, -0.15) is 0 Å². The summed E-state index contributed by atoms with van der Waals surface area (Å²) < 4.78 is 25.6. The minimum Gasteiger partial charge on any atom is -0.258 e. The summed E-state index contributed by atoms with van der Waals surface area (Å²) in [5.74, 6) is 0. The minimum atomic E-state index is -4.36. The number of aryl methyl sites for hydroxylation is 2. The normalized spacial score (nSPS) is 10.7. The van der Waals surface area contributed by atoms with Gasteiger partial charge in [-0.1, -0.05) is 0 Å². The van der Waals surface area contributed by atoms with Crippen molar-refractivity contribution in [2.75, 3.05) is 0 Å². The molecule has 0 fully saturated rings. The van der Waals surface area contributed by atoms with Crippen LogP contribution in [-0.4, -0.2) is 13.3 Å². The lowest BCUT2D eigenvalue weighted by Crippen LogP contribution is -2.03. The molecule has 0 unspecified atom stereocenters. The predicted molar refractivity (Wildman–Crippen MR) is 58.9 cm³/mol. The largest absolute Gasteiger partial charge is 0.288 e. The molecule has 0 aliphatic rings. The highest BCUT2D eigenvalue weighted by atomic mass is 32.2. The van der Waals surface area contributed by atoms with E-state index in [1.165, 1.54) is 0 Å². The topological polar surface area (TPSA) is 126 Å². The van der Waals surface area contributed by atoms with Crippen molar-refractivity contribution in [3.8, 4) is 0 Å². The lowest BCUT2D eigenvalue weighted by atomic mass is 10.1. The van der Waals surface area contributed by atoms with Crippen LogP contribution in [0.25, 0.3) is 10.4 Å². The van der Waals surface area contributed by atoms with Crippen molar-refractivity contribution in [3.05, 3.63) is 43.8 Å². The van der Waals surface area contributed by atoms with Crippen LogP contribution in [0.2, 0.25) is 0 Å². The smallest absolute Gasteiger partial charge is 0.258 e. The van der Waals surface area contributed by atoms with Gasteiger partial charge in [0.05, 0.1) is 4.92 Å². The van der Waals surface area contributed by atoms with Crippen LogP contribution < -0.4 is 0 Å². The first kappa shape index (κ1) is 12.9. The van der Waals surface area contributed by atoms with Gasteiger partial charge in [0.2, 0.25) is 0 Å². The molecule has 8 nitrogen and oxygen atoms in total. The number of nitro groups is 1. The van der Waals surface area contributed by atoms with E-state index in [2.05, 4.69) is 9.43 Å². The molecule has 0 aliphatic heterocycles. The number of nitrogens with zero attached hydrogens (tertiary/aromatic N) is 4. The van der Waals surface area contributed by atoms with Crippen molar-refractivity contribution < 1.29 is 13.3 Å². The van der Waals surface area contributed by atoms with E-state index >= 15 is 0 Å². The number of sulfonamides is 1. The van der Waals surface area contributed by atoms with E-state index in [4.69, 9.17) is 5.53 Å². The van der Waals surface area contributed by atoms with E-state index in [9.17, 15) is 18.5 Å². The Bertz CT molecular complexity index is 631. The van der Waals surface area contributed by atoms with Crippen LogP contribution in [0.3, 0.4) is 0 Å². The second kappa shape index (κ2) is 4.40. The average Bonchev–Trinajstić information content (AvgIpc) is 2.20. The maximum absolute atomic E-state index is 11.5. The fraction of sp³-hybridized carbons (Fsp3) is 0.250. The first-order valence-corrected chi connectivity index (χ1v) is 5.80. The van der Waals surface area contributed by atoms with Crippen molar-refractivity contribution in [2.45, 2.75) is 18.7 Å². The van der Waals surface area contributed by atoms with Crippen LogP contribution in [0.15, 0.2) is 21.5 Å². The van der Waals surface area contributed by atoms with Crippen LogP contribution in [0.4, 0.5) is 5.69 Å². The first-order valence-electron chi connectivity index (χ1n) is 4.36. The highest BCUT2D eigenvalue weighted by molar-refractivity contribution is 7.90. The molecular weight excluding hydrogens is 248 g/mol. The third-order valence-electron chi connectivity index (χ3n) is 2.19. The number of nitro benzene ring substituents is 1. The summed E-state index contributed by atoms with van der Waals surface area (Å²) in [7, 11) is -4.36. The Hall–Kier alpha value is -2.12. The van der Waals surface area contributed by atoms with Gasteiger partial charge in [-0.3, -0.25) is 10.1 Å². The molecule has 0 bridgehead atoms. The van der Waals surface area contributed by atoms with Gasteiger partial charge in [0.15, 0.2) is 4.90 Å². The van der Waals surface area contributed by atoms with E-state index in [0.717, 1.165) is 12.1 Å². The molecule has 0 atom stereocenters. The summed E-state index contributed by atoms with van der Waals surface area (Å²) in [6, 6.07) is 2.26. The Morgan fingerprint density at radius 3 is 2.35 bits per heavy atom. The molecule has 1 aromatic rings. The highest BCUT2D eigenvalue weighted by Gasteiger charge is 2.25. The summed E-state index contributed by atoms with van der Waals surface area (Å²) in [5.41, 5.74) is 8.67. The molecule has 0 aromatic heterocycles. The van der Waals surface area contributed by atoms with Crippen LogP contribution in [-0.2, 0) is 10.0 Å². The lowest BCUT2D eigenvalue weighted by molar-refractivity contribution is -0.387. The fourth-order valence-electron chi connectivity index (χ4n) is 1.22. The molecule has 0 saturated heterocycles. The monoisotopic (exact) mass is 256 g/mol. The van der Waals surface area contributed by atoms with Gasteiger partial charge in [0.25, 0.3) is 15.7 Å². The molecule has 0 radical (unpaired) electrons. The molecule has 1 rings (SSSR count). The third kappa shape index (κ3) is 2.52. The summed E-state index contributed by atoms with van der Waals surface area (Å²) in [4.78, 5) is 11.5. The van der Waals surface area contributed by atoms with Gasteiger partial charge in [0, 0.05) is 15.5 Å². The summed E-state index contributed by atoms with van der Waals surface area (Å²) >= 11 is 0. The predicted octanol–water partition coefficient (Wildman–Crippen LogP) is 2.21. The lowest BCUT2D eigenvalue weighted by Gasteiger charge is -2.04. The van der Waals surface area contributed by atoms with Gasteiger partial charge < -0.3 is 0 Å². The zero-order valence-corrected chi connectivity index (χ0v) is 9.80. The zero-order chi connectivity index (χ0) is 13.2. The van der Waals surface area contributed by atoms with Crippen molar-refractivity contribution in [1.82, 2.24) is 0 Å². The van der Waals surface area contributed by atoms with Gasteiger partial charge in [0.1, 0.15) is 0 Å². The number of hydrogen-bond acceptors (Lipinski definition) is 4. The SMILES string of the molecule is Cc1cc([N+](=O)[O-])c(S(=O)(=O)N=[N+]=[N-])cc1C. The fourth-order valence-corrected chi connectivity index (χ4v) is 2.12. The molecule has 0 amide bonds. The molecule has 1 aromatic carbocycles. The number of benzene rings is 1. The summed E-state index contributed by atoms with van der Waals surface area (Å²) in [6.45, 7) is 3.22. The molecule has 17 heavy (non-hydrogen) atoms. The van der Waals surface area contributed by atoms with Crippen molar-refractivity contribution in [2.24, 2.45) is 4.52 Å². The molecule has 9 heteroatoms. The number of azide groups is 1. The van der Waals surface area contributed by atoms with E-state index in [0.29, 0.717) is 11.1 Å². The Morgan fingerprint density at radius 1 is 1.35 bits per heavy atom. The average molecular weight is 256 g/mol. The Kier molecular flexibility index (Phi) is 3.35. The summed E-state index contributed by atoms with van der Waals surface area (Å²) in [6.07, 6.45) is 0. The van der Waals surface area contributed by atoms with Crippen LogP contribution in [0.1, 0.15) is 11.1 Å². The Morgan fingerprint density at radius 2 is 1.88 bits per heavy atom. The van der Waals surface area contributed by atoms with E-state index in [-0.39, 0.29) is 0 Å². The van der Waals surface area contributed by atoms with Gasteiger partial charge in [-0.15, -0.1) is 0 Å². The Balaban J connectivity index is 3.69. The second-order valence-electron chi connectivity index (χ2n) is 3.31. The van der Waals surface area contributed by atoms with E-state index in [1.54, 1.807) is 13.8 Å². The summed E-state index contributed by atoms with van der Waals surface area (Å²) in [5, 5.41) is 10.7. The van der Waals surface area contributed by atoms with Gasteiger partial charge in [-0.05, 0) is 36.6 Å². The number of hydrogen-bond donors (Lipinski definition) is 0. The molecule has 0 saturated carbocycles. The van der Waals surface area contributed by atoms with E-state index in [1.807, 2.05) is 0 Å². The maximum atomic E-state index is 11.5.